The van der Waals surface area contributed by atoms with Gasteiger partial charge in [0.05, 0.1) is 19.6 Å². The van der Waals surface area contributed by atoms with E-state index in [1.165, 1.54) is 37.5 Å². The van der Waals surface area contributed by atoms with Crippen molar-refractivity contribution in [1.82, 2.24) is 0 Å². The largest absolute Gasteiger partial charge is 0.466 e. The molecule has 168 valence electrons. The average molecular weight is 427 g/mol. The molecule has 0 spiro atoms. The Balaban J connectivity index is 2.02. The summed E-state index contributed by atoms with van der Waals surface area (Å²) in [6.07, 6.45) is 14.9. The van der Waals surface area contributed by atoms with Gasteiger partial charge in [0.25, 0.3) is 0 Å². The fraction of sp³-hybridized carbons (Fsp3) is 0.500. The topological polar surface area (TPSA) is 69.7 Å². The molecule has 1 aromatic rings. The molecule has 0 aromatic heterocycles. The number of carbonyl (C=O) groups is 3. The predicted octanol–water partition coefficient (Wildman–Crippen LogP) is 5.02. The van der Waals surface area contributed by atoms with E-state index in [4.69, 9.17) is 0 Å². The lowest BCUT2D eigenvalue weighted by Gasteiger charge is -2.38. The number of ether oxygens (including phenoxy) is 2. The van der Waals surface area contributed by atoms with Crippen LogP contribution in [0, 0.1) is 0 Å². The molecule has 31 heavy (non-hydrogen) atoms. The first kappa shape index (κ1) is 24.6. The summed E-state index contributed by atoms with van der Waals surface area (Å²) in [5.41, 5.74) is 2.06. The van der Waals surface area contributed by atoms with Gasteiger partial charge < -0.3 is 9.47 Å². The lowest BCUT2D eigenvalue weighted by atomic mass is 9.64. The second kappa shape index (κ2) is 12.9. The Bertz CT molecular complexity index is 772. The molecule has 0 amide bonds. The fourth-order valence-corrected chi connectivity index (χ4v) is 4.39. The summed E-state index contributed by atoms with van der Waals surface area (Å²) in [5.74, 6) is -0.329. The standard InChI is InChI=1S/C26H34O5/c1-30-24(28)15-7-3-5-11-19-26(20-12-6-4-8-16-25(29)31-2)22-14-10-9-13-21(22)17-18-23(26)27/h7-10,13-16H,3-6,11-12,17-20H2,1-2H3/b15-7+,16-8+. The van der Waals surface area contributed by atoms with Crippen molar-refractivity contribution >= 4 is 17.7 Å². The Kier molecular flexibility index (Phi) is 10.2. The highest BCUT2D eigenvalue weighted by Crippen LogP contribution is 2.42. The molecular weight excluding hydrogens is 392 g/mol. The van der Waals surface area contributed by atoms with E-state index in [2.05, 4.69) is 27.7 Å². The molecule has 0 N–H and O–H groups in total. The van der Waals surface area contributed by atoms with E-state index in [-0.39, 0.29) is 11.9 Å². The van der Waals surface area contributed by atoms with Gasteiger partial charge in [0.1, 0.15) is 5.78 Å². The molecule has 5 heteroatoms. The third-order valence-corrected chi connectivity index (χ3v) is 6.05. The number of benzene rings is 1. The Morgan fingerprint density at radius 3 is 1.97 bits per heavy atom. The number of unbranched alkanes of at least 4 members (excludes halogenated alkanes) is 4. The van der Waals surface area contributed by atoms with Crippen molar-refractivity contribution in [2.24, 2.45) is 0 Å². The van der Waals surface area contributed by atoms with E-state index >= 15 is 0 Å². The highest BCUT2D eigenvalue weighted by Gasteiger charge is 2.42. The SMILES string of the molecule is COC(=O)/C=C/CCCCC1(CCCC/C=C/C(=O)OC)C(=O)CCc2ccccc21. The van der Waals surface area contributed by atoms with Crippen LogP contribution in [0.5, 0.6) is 0 Å². The number of methoxy groups -OCH3 is 2. The van der Waals surface area contributed by atoms with Gasteiger partial charge in [-0.25, -0.2) is 9.59 Å². The molecule has 0 saturated heterocycles. The van der Waals surface area contributed by atoms with E-state index < -0.39 is 5.41 Å². The average Bonchev–Trinajstić information content (AvgIpc) is 2.80. The summed E-state index contributed by atoms with van der Waals surface area (Å²) in [5, 5.41) is 0. The number of aryl methyl sites for hydroxylation is 1. The normalized spacial score (nSPS) is 15.2. The summed E-state index contributed by atoms with van der Waals surface area (Å²) >= 11 is 0. The smallest absolute Gasteiger partial charge is 0.330 e. The maximum atomic E-state index is 13.2. The molecule has 0 aliphatic heterocycles. The van der Waals surface area contributed by atoms with Crippen LogP contribution in [0.1, 0.15) is 68.9 Å². The molecule has 0 radical (unpaired) electrons. The van der Waals surface area contributed by atoms with Gasteiger partial charge in [-0.1, -0.05) is 49.3 Å². The molecule has 0 unspecified atom stereocenters. The Labute approximate surface area is 185 Å². The number of Topliss-reactive ketones (excluding diaryl/α,β-unsaturated/α-hetero) is 1. The van der Waals surface area contributed by atoms with Crippen molar-refractivity contribution in [2.75, 3.05) is 14.2 Å². The number of ketones is 1. The van der Waals surface area contributed by atoms with Crippen molar-refractivity contribution in [1.29, 1.82) is 0 Å². The van der Waals surface area contributed by atoms with E-state index in [1.807, 2.05) is 18.2 Å². The molecule has 0 saturated carbocycles. The molecule has 5 nitrogen and oxygen atoms in total. The lowest BCUT2D eigenvalue weighted by molar-refractivity contribution is -0.135. The number of esters is 2. The van der Waals surface area contributed by atoms with Crippen molar-refractivity contribution < 1.29 is 23.9 Å². The van der Waals surface area contributed by atoms with Gasteiger partial charge in [-0.3, -0.25) is 4.79 Å². The summed E-state index contributed by atoms with van der Waals surface area (Å²) < 4.78 is 9.22. The van der Waals surface area contributed by atoms with Gasteiger partial charge >= 0.3 is 11.9 Å². The summed E-state index contributed by atoms with van der Waals surface area (Å²) in [4.78, 5) is 35.6. The zero-order chi connectivity index (χ0) is 22.5. The van der Waals surface area contributed by atoms with Crippen molar-refractivity contribution in [3.8, 4) is 0 Å². The molecular formula is C26H34O5. The number of rotatable bonds is 12. The molecule has 0 heterocycles. The van der Waals surface area contributed by atoms with Crippen LogP contribution in [0.15, 0.2) is 48.6 Å². The first-order valence-corrected chi connectivity index (χ1v) is 11.1. The summed E-state index contributed by atoms with van der Waals surface area (Å²) in [6.45, 7) is 0. The van der Waals surface area contributed by atoms with E-state index in [1.54, 1.807) is 0 Å². The Morgan fingerprint density at radius 2 is 1.42 bits per heavy atom. The lowest BCUT2D eigenvalue weighted by Crippen LogP contribution is -2.40. The molecule has 1 aliphatic carbocycles. The van der Waals surface area contributed by atoms with Gasteiger partial charge in [0.15, 0.2) is 0 Å². The molecule has 2 rings (SSSR count). The third kappa shape index (κ3) is 7.20. The van der Waals surface area contributed by atoms with E-state index in [0.717, 1.165) is 57.8 Å². The van der Waals surface area contributed by atoms with Crippen molar-refractivity contribution in [2.45, 2.75) is 69.6 Å². The number of hydrogen-bond donors (Lipinski definition) is 0. The highest BCUT2D eigenvalue weighted by molar-refractivity contribution is 5.92. The van der Waals surface area contributed by atoms with Gasteiger partial charge in [-0.15, -0.1) is 0 Å². The van der Waals surface area contributed by atoms with Crippen LogP contribution in [0.25, 0.3) is 0 Å². The maximum absolute atomic E-state index is 13.2. The Morgan fingerprint density at radius 1 is 0.871 bits per heavy atom. The third-order valence-electron chi connectivity index (χ3n) is 6.05. The monoisotopic (exact) mass is 426 g/mol. The zero-order valence-corrected chi connectivity index (χ0v) is 18.7. The molecule has 1 aliphatic rings. The van der Waals surface area contributed by atoms with Gasteiger partial charge in [-0.2, -0.15) is 0 Å². The molecule has 0 bridgehead atoms. The molecule has 0 fully saturated rings. The predicted molar refractivity (Wildman–Crippen MR) is 121 cm³/mol. The number of allylic oxidation sites excluding steroid dienone is 2. The van der Waals surface area contributed by atoms with Crippen LogP contribution in [-0.4, -0.2) is 31.9 Å². The highest BCUT2D eigenvalue weighted by atomic mass is 16.5. The zero-order valence-electron chi connectivity index (χ0n) is 18.7. The van der Waals surface area contributed by atoms with Crippen LogP contribution in [0.3, 0.4) is 0 Å². The minimum Gasteiger partial charge on any atom is -0.466 e. The quantitative estimate of drug-likeness (QED) is 0.267. The first-order valence-electron chi connectivity index (χ1n) is 11.1. The van der Waals surface area contributed by atoms with Crippen LogP contribution in [-0.2, 0) is 35.7 Å². The van der Waals surface area contributed by atoms with E-state index in [9.17, 15) is 14.4 Å². The number of fused-ring (bicyclic) bond motifs is 1. The first-order chi connectivity index (χ1) is 15.0. The van der Waals surface area contributed by atoms with E-state index in [0.29, 0.717) is 12.2 Å². The van der Waals surface area contributed by atoms with Crippen LogP contribution in [0.4, 0.5) is 0 Å². The maximum Gasteiger partial charge on any atom is 0.330 e. The second-order valence-corrected chi connectivity index (χ2v) is 8.01. The van der Waals surface area contributed by atoms with Crippen LogP contribution >= 0.6 is 0 Å². The Hall–Kier alpha value is -2.69. The second-order valence-electron chi connectivity index (χ2n) is 8.01. The minimum atomic E-state index is -0.424. The van der Waals surface area contributed by atoms with Crippen molar-refractivity contribution in [3.63, 3.8) is 0 Å². The summed E-state index contributed by atoms with van der Waals surface area (Å²) in [7, 11) is 2.74. The van der Waals surface area contributed by atoms with Gasteiger partial charge in [-0.05, 0) is 56.1 Å². The fourth-order valence-electron chi connectivity index (χ4n) is 4.39. The van der Waals surface area contributed by atoms with Gasteiger partial charge in [0, 0.05) is 18.6 Å². The van der Waals surface area contributed by atoms with Crippen LogP contribution in [0.2, 0.25) is 0 Å². The minimum absolute atomic E-state index is 0.339. The molecule has 0 atom stereocenters. The summed E-state index contributed by atoms with van der Waals surface area (Å²) in [6, 6.07) is 8.36. The number of hydrogen-bond acceptors (Lipinski definition) is 5. The van der Waals surface area contributed by atoms with Crippen molar-refractivity contribution in [3.05, 3.63) is 59.7 Å². The number of carbonyl (C=O) groups excluding carboxylic acids is 3. The van der Waals surface area contributed by atoms with Gasteiger partial charge in [0.2, 0.25) is 0 Å². The molecule has 1 aromatic carbocycles. The van der Waals surface area contributed by atoms with Crippen LogP contribution < -0.4 is 0 Å².